The van der Waals surface area contributed by atoms with Crippen LogP contribution in [-0.4, -0.2) is 37.6 Å². The third-order valence-electron chi connectivity index (χ3n) is 3.21. The molecule has 0 aliphatic carbocycles. The van der Waals surface area contributed by atoms with Crippen LogP contribution in [-0.2, 0) is 19.4 Å². The Bertz CT molecular complexity index is 857. The molecule has 1 aromatic carbocycles. The van der Waals surface area contributed by atoms with Crippen molar-refractivity contribution in [3.63, 3.8) is 0 Å². The van der Waals surface area contributed by atoms with Gasteiger partial charge in [-0.1, -0.05) is 17.7 Å². The number of esters is 1. The fourth-order valence-electron chi connectivity index (χ4n) is 1.90. The molecule has 0 aliphatic heterocycles. The standard InChI is InChI=1S/C16H18N2O5S2/c1-3-23-15(20)13-10-24-16(17-13)18-14(19)8-9-25(21,22)12-6-4-11(2)5-7-12/h4-7,10H,3,8-9H2,1-2H3,(H,17,18,19). The Morgan fingerprint density at radius 2 is 1.92 bits per heavy atom. The molecule has 7 nitrogen and oxygen atoms in total. The maximum Gasteiger partial charge on any atom is 0.357 e. The Kier molecular flexibility index (Phi) is 6.27. The van der Waals surface area contributed by atoms with Gasteiger partial charge in [0.2, 0.25) is 5.91 Å². The SMILES string of the molecule is CCOC(=O)c1csc(NC(=O)CCS(=O)(=O)c2ccc(C)cc2)n1. The molecule has 0 saturated carbocycles. The molecule has 2 aromatic rings. The van der Waals surface area contributed by atoms with E-state index in [0.29, 0.717) is 0 Å². The normalized spacial score (nSPS) is 11.1. The van der Waals surface area contributed by atoms with Gasteiger partial charge in [0.25, 0.3) is 0 Å². The van der Waals surface area contributed by atoms with Gasteiger partial charge in [0.05, 0.1) is 17.3 Å². The molecule has 0 aliphatic rings. The number of hydrogen-bond donors (Lipinski definition) is 1. The zero-order valence-corrected chi connectivity index (χ0v) is 15.4. The lowest BCUT2D eigenvalue weighted by Gasteiger charge is -2.05. The number of ether oxygens (including phenoxy) is 1. The van der Waals surface area contributed by atoms with E-state index in [1.165, 1.54) is 17.5 Å². The van der Waals surface area contributed by atoms with Crippen molar-refractivity contribution >= 4 is 38.2 Å². The van der Waals surface area contributed by atoms with Crippen molar-refractivity contribution in [2.24, 2.45) is 0 Å². The van der Waals surface area contributed by atoms with E-state index in [4.69, 9.17) is 4.74 Å². The van der Waals surface area contributed by atoms with Gasteiger partial charge in [-0.25, -0.2) is 18.2 Å². The van der Waals surface area contributed by atoms with Crippen LogP contribution in [0.4, 0.5) is 5.13 Å². The molecule has 0 fully saturated rings. The molecule has 2 rings (SSSR count). The zero-order chi connectivity index (χ0) is 18.4. The van der Waals surface area contributed by atoms with E-state index < -0.39 is 21.7 Å². The van der Waals surface area contributed by atoms with E-state index in [9.17, 15) is 18.0 Å². The molecule has 0 atom stereocenters. The highest BCUT2D eigenvalue weighted by molar-refractivity contribution is 7.91. The quantitative estimate of drug-likeness (QED) is 0.738. The number of rotatable bonds is 7. The minimum absolute atomic E-state index is 0.106. The summed E-state index contributed by atoms with van der Waals surface area (Å²) in [6, 6.07) is 6.46. The van der Waals surface area contributed by atoms with Crippen LogP contribution >= 0.6 is 11.3 Å². The summed E-state index contributed by atoms with van der Waals surface area (Å²) in [7, 11) is -3.53. The van der Waals surface area contributed by atoms with Crippen LogP contribution in [0.2, 0.25) is 0 Å². The van der Waals surface area contributed by atoms with E-state index in [1.807, 2.05) is 6.92 Å². The first-order chi connectivity index (χ1) is 11.8. The molecule has 1 heterocycles. The lowest BCUT2D eigenvalue weighted by molar-refractivity contribution is -0.115. The average Bonchev–Trinajstić information content (AvgIpc) is 3.02. The second-order valence-electron chi connectivity index (χ2n) is 5.19. The van der Waals surface area contributed by atoms with Crippen LogP contribution in [0, 0.1) is 6.92 Å². The second kappa shape index (κ2) is 8.21. The lowest BCUT2D eigenvalue weighted by Crippen LogP contribution is -2.17. The average molecular weight is 382 g/mol. The van der Waals surface area contributed by atoms with Crippen molar-refractivity contribution in [1.82, 2.24) is 4.98 Å². The van der Waals surface area contributed by atoms with Gasteiger partial charge >= 0.3 is 5.97 Å². The Balaban J connectivity index is 1.92. The molecule has 25 heavy (non-hydrogen) atoms. The largest absolute Gasteiger partial charge is 0.461 e. The first-order valence-electron chi connectivity index (χ1n) is 7.53. The monoisotopic (exact) mass is 382 g/mol. The number of carbonyl (C=O) groups is 2. The van der Waals surface area contributed by atoms with Crippen molar-refractivity contribution in [3.05, 3.63) is 40.9 Å². The number of aromatic nitrogens is 1. The van der Waals surface area contributed by atoms with Crippen molar-refractivity contribution < 1.29 is 22.7 Å². The predicted octanol–water partition coefficient (Wildman–Crippen LogP) is 2.43. The molecule has 0 unspecified atom stereocenters. The van der Waals surface area contributed by atoms with E-state index in [1.54, 1.807) is 19.1 Å². The number of anilines is 1. The molecular formula is C16H18N2O5S2. The molecule has 1 aromatic heterocycles. The third kappa shape index (κ3) is 5.36. The van der Waals surface area contributed by atoms with E-state index >= 15 is 0 Å². The number of benzene rings is 1. The number of nitrogens with one attached hydrogen (secondary N) is 1. The second-order valence-corrected chi connectivity index (χ2v) is 8.16. The molecule has 0 saturated heterocycles. The molecule has 9 heteroatoms. The number of amides is 1. The van der Waals surface area contributed by atoms with Crippen molar-refractivity contribution in [2.75, 3.05) is 17.7 Å². The Morgan fingerprint density at radius 3 is 2.56 bits per heavy atom. The first-order valence-corrected chi connectivity index (χ1v) is 10.1. The highest BCUT2D eigenvalue weighted by Crippen LogP contribution is 2.17. The van der Waals surface area contributed by atoms with Gasteiger partial charge in [-0.3, -0.25) is 4.79 Å². The number of thiazole rings is 1. The van der Waals surface area contributed by atoms with Gasteiger partial charge in [0, 0.05) is 11.8 Å². The summed E-state index contributed by atoms with van der Waals surface area (Å²) in [6.07, 6.45) is -0.204. The maximum absolute atomic E-state index is 12.2. The highest BCUT2D eigenvalue weighted by Gasteiger charge is 2.18. The summed E-state index contributed by atoms with van der Waals surface area (Å²) in [5.74, 6) is -1.36. The third-order valence-corrected chi connectivity index (χ3v) is 5.70. The van der Waals surface area contributed by atoms with Gasteiger partial charge in [-0.15, -0.1) is 11.3 Å². The Morgan fingerprint density at radius 1 is 1.24 bits per heavy atom. The number of aryl methyl sites for hydroxylation is 1. The molecule has 0 bridgehead atoms. The van der Waals surface area contributed by atoms with Gasteiger partial charge in [0.15, 0.2) is 20.7 Å². The topological polar surface area (TPSA) is 102 Å². The Hall–Kier alpha value is -2.26. The van der Waals surface area contributed by atoms with E-state index in [0.717, 1.165) is 16.9 Å². The van der Waals surface area contributed by atoms with Crippen molar-refractivity contribution in [2.45, 2.75) is 25.2 Å². The van der Waals surface area contributed by atoms with Gasteiger partial charge < -0.3 is 10.1 Å². The van der Waals surface area contributed by atoms with Crippen LogP contribution in [0.15, 0.2) is 34.5 Å². The van der Waals surface area contributed by atoms with Gasteiger partial charge in [-0.05, 0) is 26.0 Å². The van der Waals surface area contributed by atoms with Gasteiger partial charge in [-0.2, -0.15) is 0 Å². The maximum atomic E-state index is 12.2. The molecular weight excluding hydrogens is 364 g/mol. The van der Waals surface area contributed by atoms with E-state index in [-0.39, 0.29) is 34.5 Å². The molecule has 0 spiro atoms. The van der Waals surface area contributed by atoms with Crippen LogP contribution in [0.5, 0.6) is 0 Å². The first kappa shape index (κ1) is 19.1. The molecule has 134 valence electrons. The van der Waals surface area contributed by atoms with Gasteiger partial charge in [0.1, 0.15) is 0 Å². The lowest BCUT2D eigenvalue weighted by atomic mass is 10.2. The van der Waals surface area contributed by atoms with Crippen LogP contribution in [0.25, 0.3) is 0 Å². The summed E-state index contributed by atoms with van der Waals surface area (Å²) in [5, 5.41) is 4.18. The number of carbonyl (C=O) groups excluding carboxylic acids is 2. The predicted molar refractivity (Wildman–Crippen MR) is 94.5 cm³/mol. The Labute approximate surface area is 150 Å². The summed E-state index contributed by atoms with van der Waals surface area (Å²) in [4.78, 5) is 27.6. The smallest absolute Gasteiger partial charge is 0.357 e. The van der Waals surface area contributed by atoms with Crippen molar-refractivity contribution in [1.29, 1.82) is 0 Å². The van der Waals surface area contributed by atoms with Crippen LogP contribution in [0.1, 0.15) is 29.4 Å². The van der Waals surface area contributed by atoms with Crippen molar-refractivity contribution in [3.8, 4) is 0 Å². The fraction of sp³-hybridized carbons (Fsp3) is 0.312. The zero-order valence-electron chi connectivity index (χ0n) is 13.8. The minimum Gasteiger partial charge on any atom is -0.461 e. The van der Waals surface area contributed by atoms with E-state index in [2.05, 4.69) is 10.3 Å². The minimum atomic E-state index is -3.53. The molecule has 1 N–H and O–H groups in total. The summed E-state index contributed by atoms with van der Waals surface area (Å²) >= 11 is 1.07. The number of hydrogen-bond acceptors (Lipinski definition) is 7. The molecule has 1 amide bonds. The molecule has 0 radical (unpaired) electrons. The van der Waals surface area contributed by atoms with Crippen LogP contribution in [0.3, 0.4) is 0 Å². The summed E-state index contributed by atoms with van der Waals surface area (Å²) < 4.78 is 29.2. The highest BCUT2D eigenvalue weighted by atomic mass is 32.2. The number of sulfone groups is 1. The number of nitrogens with zero attached hydrogens (tertiary/aromatic N) is 1. The van der Waals surface area contributed by atoms with Crippen LogP contribution < -0.4 is 5.32 Å². The summed E-state index contributed by atoms with van der Waals surface area (Å²) in [5.41, 5.74) is 1.06. The summed E-state index contributed by atoms with van der Waals surface area (Å²) in [6.45, 7) is 3.78. The fourth-order valence-corrected chi connectivity index (χ4v) is 3.84.